The Morgan fingerprint density at radius 3 is 2.56 bits per heavy atom. The highest BCUT2D eigenvalue weighted by atomic mass is 16.4. The Morgan fingerprint density at radius 1 is 1.28 bits per heavy atom. The van der Waals surface area contributed by atoms with E-state index in [1.807, 2.05) is 0 Å². The topological polar surface area (TPSA) is 63.3 Å². The first-order valence-corrected chi connectivity index (χ1v) is 7.57. The lowest BCUT2D eigenvalue weighted by Gasteiger charge is -2.18. The van der Waals surface area contributed by atoms with Gasteiger partial charge in [0, 0.05) is 6.04 Å². The first-order valence-electron chi connectivity index (χ1n) is 7.57. The standard InChI is InChI=1S/C15H29NO2/c1-12(14(16)11-15(17)18)7-3-2-4-8-13-9-5-6-10-13/h12-14H,2-11,16H2,1H3,(H,17,18)/t12-,14+/m0/s1. The molecule has 0 aromatic heterocycles. The van der Waals surface area contributed by atoms with Crippen molar-refractivity contribution >= 4 is 5.97 Å². The molecule has 0 radical (unpaired) electrons. The Morgan fingerprint density at radius 2 is 1.94 bits per heavy atom. The minimum absolute atomic E-state index is 0.100. The Labute approximate surface area is 111 Å². The number of unbranched alkanes of at least 4 members (excludes halogenated alkanes) is 2. The summed E-state index contributed by atoms with van der Waals surface area (Å²) in [6.07, 6.45) is 12.1. The number of carboxylic acid groups (broad SMARTS) is 1. The predicted octanol–water partition coefficient (Wildman–Crippen LogP) is 3.57. The van der Waals surface area contributed by atoms with Crippen LogP contribution in [0.5, 0.6) is 0 Å². The van der Waals surface area contributed by atoms with Gasteiger partial charge in [-0.15, -0.1) is 0 Å². The second-order valence-electron chi connectivity index (χ2n) is 6.03. The number of carboxylic acids is 1. The third kappa shape index (κ3) is 6.39. The zero-order valence-corrected chi connectivity index (χ0v) is 11.7. The van der Waals surface area contributed by atoms with E-state index in [0.717, 1.165) is 12.3 Å². The fraction of sp³-hybridized carbons (Fsp3) is 0.933. The summed E-state index contributed by atoms with van der Waals surface area (Å²) >= 11 is 0. The van der Waals surface area contributed by atoms with Crippen LogP contribution in [-0.2, 0) is 4.79 Å². The molecule has 0 heterocycles. The monoisotopic (exact) mass is 255 g/mol. The highest BCUT2D eigenvalue weighted by Crippen LogP contribution is 2.29. The van der Waals surface area contributed by atoms with E-state index in [1.165, 1.54) is 51.4 Å². The average Bonchev–Trinajstić information content (AvgIpc) is 2.80. The molecule has 0 saturated heterocycles. The van der Waals surface area contributed by atoms with Crippen LogP contribution in [0, 0.1) is 11.8 Å². The van der Waals surface area contributed by atoms with E-state index >= 15 is 0 Å². The Bertz CT molecular complexity index is 237. The van der Waals surface area contributed by atoms with Crippen molar-refractivity contribution in [3.8, 4) is 0 Å². The molecule has 1 rings (SSSR count). The van der Waals surface area contributed by atoms with Crippen LogP contribution in [0.4, 0.5) is 0 Å². The molecule has 3 nitrogen and oxygen atoms in total. The van der Waals surface area contributed by atoms with E-state index in [2.05, 4.69) is 6.92 Å². The smallest absolute Gasteiger partial charge is 0.304 e. The molecule has 3 heteroatoms. The quantitative estimate of drug-likeness (QED) is 0.619. The molecule has 0 bridgehead atoms. The van der Waals surface area contributed by atoms with Crippen molar-refractivity contribution in [3.05, 3.63) is 0 Å². The molecule has 0 aromatic rings. The van der Waals surface area contributed by atoms with Crippen molar-refractivity contribution in [2.75, 3.05) is 0 Å². The molecule has 1 aliphatic rings. The van der Waals surface area contributed by atoms with Crippen LogP contribution in [0.2, 0.25) is 0 Å². The lowest BCUT2D eigenvalue weighted by molar-refractivity contribution is -0.137. The SMILES string of the molecule is C[C@@H](CCCCCC1CCCC1)[C@H](N)CC(=O)O. The Balaban J connectivity index is 1.97. The summed E-state index contributed by atoms with van der Waals surface area (Å²) in [7, 11) is 0. The van der Waals surface area contributed by atoms with Gasteiger partial charge in [-0.1, -0.05) is 58.3 Å². The summed E-state index contributed by atoms with van der Waals surface area (Å²) in [6, 6.07) is -0.183. The van der Waals surface area contributed by atoms with Crippen LogP contribution in [0.25, 0.3) is 0 Å². The van der Waals surface area contributed by atoms with E-state index in [-0.39, 0.29) is 12.5 Å². The van der Waals surface area contributed by atoms with Crippen LogP contribution in [0.1, 0.15) is 71.1 Å². The summed E-state index contributed by atoms with van der Waals surface area (Å²) in [5, 5.41) is 8.68. The first-order chi connectivity index (χ1) is 8.59. The van der Waals surface area contributed by atoms with Gasteiger partial charge in [-0.05, 0) is 18.3 Å². The van der Waals surface area contributed by atoms with Gasteiger partial charge in [-0.25, -0.2) is 0 Å². The van der Waals surface area contributed by atoms with Gasteiger partial charge in [0.1, 0.15) is 0 Å². The molecule has 0 amide bonds. The van der Waals surface area contributed by atoms with Crippen molar-refractivity contribution in [2.24, 2.45) is 17.6 Å². The summed E-state index contributed by atoms with van der Waals surface area (Å²) in [5.74, 6) is 0.542. The molecule has 0 aliphatic heterocycles. The lowest BCUT2D eigenvalue weighted by Crippen LogP contribution is -2.30. The van der Waals surface area contributed by atoms with Crippen molar-refractivity contribution in [1.82, 2.24) is 0 Å². The maximum absolute atomic E-state index is 10.6. The number of nitrogens with two attached hydrogens (primary N) is 1. The molecule has 0 spiro atoms. The Hall–Kier alpha value is -0.570. The van der Waals surface area contributed by atoms with E-state index in [4.69, 9.17) is 10.8 Å². The summed E-state index contributed by atoms with van der Waals surface area (Å²) in [4.78, 5) is 10.6. The number of hydrogen-bond donors (Lipinski definition) is 2. The first kappa shape index (κ1) is 15.5. The molecule has 106 valence electrons. The van der Waals surface area contributed by atoms with E-state index < -0.39 is 5.97 Å². The van der Waals surface area contributed by atoms with E-state index in [0.29, 0.717) is 5.92 Å². The molecule has 1 saturated carbocycles. The van der Waals surface area contributed by atoms with Gasteiger partial charge in [-0.2, -0.15) is 0 Å². The summed E-state index contributed by atoms with van der Waals surface area (Å²) < 4.78 is 0. The van der Waals surface area contributed by atoms with Crippen LogP contribution >= 0.6 is 0 Å². The van der Waals surface area contributed by atoms with Crippen LogP contribution in [-0.4, -0.2) is 17.1 Å². The van der Waals surface area contributed by atoms with E-state index in [9.17, 15) is 4.79 Å². The Kier molecular flexibility index (Phi) is 7.33. The second-order valence-corrected chi connectivity index (χ2v) is 6.03. The third-order valence-corrected chi connectivity index (χ3v) is 4.39. The minimum Gasteiger partial charge on any atom is -0.481 e. The van der Waals surface area contributed by atoms with Crippen molar-refractivity contribution in [2.45, 2.75) is 77.2 Å². The van der Waals surface area contributed by atoms with Crippen LogP contribution < -0.4 is 5.73 Å². The molecule has 18 heavy (non-hydrogen) atoms. The minimum atomic E-state index is -0.782. The average molecular weight is 255 g/mol. The van der Waals surface area contributed by atoms with Gasteiger partial charge in [0.05, 0.1) is 6.42 Å². The molecular weight excluding hydrogens is 226 g/mol. The summed E-state index contributed by atoms with van der Waals surface area (Å²) in [6.45, 7) is 2.07. The fourth-order valence-corrected chi connectivity index (χ4v) is 2.99. The zero-order valence-electron chi connectivity index (χ0n) is 11.7. The number of carbonyl (C=O) groups is 1. The van der Waals surface area contributed by atoms with Gasteiger partial charge in [0.15, 0.2) is 0 Å². The number of rotatable bonds is 9. The molecule has 0 unspecified atom stereocenters. The highest BCUT2D eigenvalue weighted by molar-refractivity contribution is 5.67. The largest absolute Gasteiger partial charge is 0.481 e. The van der Waals surface area contributed by atoms with Gasteiger partial charge in [0.25, 0.3) is 0 Å². The van der Waals surface area contributed by atoms with Gasteiger partial charge >= 0.3 is 5.97 Å². The van der Waals surface area contributed by atoms with Gasteiger partial charge in [0.2, 0.25) is 0 Å². The lowest BCUT2D eigenvalue weighted by atomic mass is 9.92. The maximum atomic E-state index is 10.6. The number of aliphatic carboxylic acids is 1. The molecule has 1 fully saturated rings. The normalized spacial score (nSPS) is 19.9. The van der Waals surface area contributed by atoms with Crippen LogP contribution in [0.3, 0.4) is 0 Å². The fourth-order valence-electron chi connectivity index (χ4n) is 2.99. The molecule has 1 aliphatic carbocycles. The maximum Gasteiger partial charge on any atom is 0.304 e. The van der Waals surface area contributed by atoms with Crippen LogP contribution in [0.15, 0.2) is 0 Å². The molecule has 3 N–H and O–H groups in total. The zero-order chi connectivity index (χ0) is 13.4. The van der Waals surface area contributed by atoms with Crippen molar-refractivity contribution in [1.29, 1.82) is 0 Å². The summed E-state index contributed by atoms with van der Waals surface area (Å²) in [5.41, 5.74) is 5.85. The van der Waals surface area contributed by atoms with Crippen molar-refractivity contribution < 1.29 is 9.90 Å². The van der Waals surface area contributed by atoms with Crippen molar-refractivity contribution in [3.63, 3.8) is 0 Å². The highest BCUT2D eigenvalue weighted by Gasteiger charge is 2.16. The third-order valence-electron chi connectivity index (χ3n) is 4.39. The number of hydrogen-bond acceptors (Lipinski definition) is 2. The molecular formula is C15H29NO2. The predicted molar refractivity (Wildman–Crippen MR) is 74.4 cm³/mol. The van der Waals surface area contributed by atoms with E-state index in [1.54, 1.807) is 0 Å². The van der Waals surface area contributed by atoms with Gasteiger partial charge < -0.3 is 10.8 Å². The van der Waals surface area contributed by atoms with Gasteiger partial charge in [-0.3, -0.25) is 4.79 Å². The second kappa shape index (κ2) is 8.52. The molecule has 0 aromatic carbocycles. The molecule has 2 atom stereocenters.